The largest absolute Gasteiger partial charge is 0.386 e. The van der Waals surface area contributed by atoms with Crippen LogP contribution in [0.25, 0.3) is 0 Å². The molecule has 0 spiro atoms. The van der Waals surface area contributed by atoms with Crippen molar-refractivity contribution in [3.8, 4) is 0 Å². The van der Waals surface area contributed by atoms with Gasteiger partial charge in [-0.15, -0.1) is 0 Å². The summed E-state index contributed by atoms with van der Waals surface area (Å²) in [7, 11) is 0. The van der Waals surface area contributed by atoms with Crippen molar-refractivity contribution < 1.29 is 5.11 Å². The van der Waals surface area contributed by atoms with Crippen molar-refractivity contribution in [3.05, 3.63) is 142 Å². The molecule has 0 radical (unpaired) electrons. The summed E-state index contributed by atoms with van der Waals surface area (Å²) in [4.78, 5) is 0. The van der Waals surface area contributed by atoms with Gasteiger partial charge in [0.05, 0.1) is 5.60 Å². The Bertz CT molecular complexity index is 1160. The Morgan fingerprint density at radius 3 is 1.73 bits per heavy atom. The fraction of sp³-hybridized carbons (Fsp3) is 0.250. The lowest BCUT2D eigenvalue weighted by atomic mass is 9.69. The Balaban J connectivity index is 0.000000157. The summed E-state index contributed by atoms with van der Waals surface area (Å²) in [6.45, 7) is 8.31. The minimum Gasteiger partial charge on any atom is -0.386 e. The molecule has 0 saturated carbocycles. The third kappa shape index (κ3) is 5.10. The van der Waals surface area contributed by atoms with Crippen LogP contribution in [-0.4, -0.2) is 5.11 Å². The second-order valence-electron chi connectivity index (χ2n) is 9.99. The van der Waals surface area contributed by atoms with Gasteiger partial charge >= 0.3 is 0 Å². The molecule has 1 aliphatic rings. The first-order valence-electron chi connectivity index (χ1n) is 11.8. The van der Waals surface area contributed by atoms with E-state index in [0.29, 0.717) is 0 Å². The summed E-state index contributed by atoms with van der Waals surface area (Å²) >= 11 is 0. The van der Waals surface area contributed by atoms with E-state index in [1.54, 1.807) is 0 Å². The lowest BCUT2D eigenvalue weighted by Gasteiger charge is -2.35. The summed E-state index contributed by atoms with van der Waals surface area (Å²) in [6, 6.07) is 36.0. The smallest absolute Gasteiger partial charge is 0.0843 e. The molecule has 168 valence electrons. The number of benzene rings is 4. The van der Waals surface area contributed by atoms with Crippen molar-refractivity contribution >= 4 is 0 Å². The maximum absolute atomic E-state index is 10.1. The zero-order valence-corrected chi connectivity index (χ0v) is 20.2. The quantitative estimate of drug-likeness (QED) is 0.356. The van der Waals surface area contributed by atoms with E-state index >= 15 is 0 Å². The van der Waals surface area contributed by atoms with Gasteiger partial charge in [0.25, 0.3) is 0 Å². The molecule has 0 bridgehead atoms. The molecule has 1 aliphatic carbocycles. The average Bonchev–Trinajstić information content (AvgIpc) is 2.80. The summed E-state index contributed by atoms with van der Waals surface area (Å²) in [5.74, 6) is 0. The van der Waals surface area contributed by atoms with E-state index in [1.165, 1.54) is 33.4 Å². The SMILES string of the molecule is CC(C)(O)c1ccccc1Cc1ccccc1.CC1(C)c2ccccc2Cc2ccccc21. The average molecular weight is 435 g/mol. The minimum absolute atomic E-state index is 0.144. The molecule has 0 fully saturated rings. The molecule has 0 saturated heterocycles. The highest BCUT2D eigenvalue weighted by molar-refractivity contribution is 5.52. The highest BCUT2D eigenvalue weighted by Crippen LogP contribution is 2.40. The van der Waals surface area contributed by atoms with Crippen molar-refractivity contribution in [2.24, 2.45) is 0 Å². The molecule has 0 aliphatic heterocycles. The zero-order valence-electron chi connectivity index (χ0n) is 20.2. The molecule has 4 aromatic carbocycles. The van der Waals surface area contributed by atoms with Gasteiger partial charge in [0.1, 0.15) is 0 Å². The predicted octanol–water partition coefficient (Wildman–Crippen LogP) is 7.42. The molecule has 0 atom stereocenters. The van der Waals surface area contributed by atoms with E-state index < -0.39 is 5.60 Å². The topological polar surface area (TPSA) is 20.2 Å². The molecule has 4 aromatic rings. The van der Waals surface area contributed by atoms with Gasteiger partial charge in [-0.3, -0.25) is 0 Å². The lowest BCUT2D eigenvalue weighted by Crippen LogP contribution is -2.26. The highest BCUT2D eigenvalue weighted by Gasteiger charge is 2.31. The minimum atomic E-state index is -0.786. The van der Waals surface area contributed by atoms with Crippen LogP contribution >= 0.6 is 0 Å². The summed E-state index contributed by atoms with van der Waals surface area (Å²) in [6.07, 6.45) is 1.94. The molecular formula is C32H34O. The Morgan fingerprint density at radius 1 is 0.667 bits per heavy atom. The molecular weight excluding hydrogens is 400 g/mol. The van der Waals surface area contributed by atoms with Crippen LogP contribution in [0.4, 0.5) is 0 Å². The Morgan fingerprint density at radius 2 is 1.15 bits per heavy atom. The number of fused-ring (bicyclic) bond motifs is 2. The first-order chi connectivity index (χ1) is 15.8. The number of aliphatic hydroxyl groups is 1. The maximum Gasteiger partial charge on any atom is 0.0843 e. The van der Waals surface area contributed by atoms with Crippen molar-refractivity contribution in [3.63, 3.8) is 0 Å². The molecule has 33 heavy (non-hydrogen) atoms. The number of rotatable bonds is 3. The normalized spacial score (nSPS) is 13.8. The van der Waals surface area contributed by atoms with Gasteiger partial charge in [-0.05, 0) is 65.6 Å². The molecule has 0 unspecified atom stereocenters. The Hall–Kier alpha value is -3.16. The van der Waals surface area contributed by atoms with Gasteiger partial charge in [0.2, 0.25) is 0 Å². The van der Waals surface area contributed by atoms with Crippen LogP contribution in [0, 0.1) is 0 Å². The van der Waals surface area contributed by atoms with E-state index in [9.17, 15) is 5.11 Å². The van der Waals surface area contributed by atoms with Gasteiger partial charge in [-0.25, -0.2) is 0 Å². The molecule has 1 heteroatoms. The van der Waals surface area contributed by atoms with E-state index in [-0.39, 0.29) is 5.41 Å². The predicted molar refractivity (Wildman–Crippen MR) is 139 cm³/mol. The van der Waals surface area contributed by atoms with Crippen LogP contribution in [0.1, 0.15) is 66.6 Å². The Labute approximate surface area is 198 Å². The monoisotopic (exact) mass is 434 g/mol. The van der Waals surface area contributed by atoms with Gasteiger partial charge in [-0.1, -0.05) is 117 Å². The number of hydrogen-bond donors (Lipinski definition) is 1. The van der Waals surface area contributed by atoms with Crippen molar-refractivity contribution in [2.45, 2.75) is 51.6 Å². The van der Waals surface area contributed by atoms with Crippen LogP contribution in [0.15, 0.2) is 103 Å². The summed E-state index contributed by atoms with van der Waals surface area (Å²) < 4.78 is 0. The van der Waals surface area contributed by atoms with E-state index in [0.717, 1.165) is 18.4 Å². The first-order valence-corrected chi connectivity index (χ1v) is 11.8. The maximum atomic E-state index is 10.1. The van der Waals surface area contributed by atoms with Crippen molar-refractivity contribution in [2.75, 3.05) is 0 Å². The van der Waals surface area contributed by atoms with E-state index in [2.05, 4.69) is 80.6 Å². The van der Waals surface area contributed by atoms with Crippen LogP contribution in [-0.2, 0) is 23.9 Å². The van der Waals surface area contributed by atoms with Crippen molar-refractivity contribution in [1.29, 1.82) is 0 Å². The van der Waals surface area contributed by atoms with Gasteiger partial charge in [0.15, 0.2) is 0 Å². The van der Waals surface area contributed by atoms with Gasteiger partial charge in [-0.2, -0.15) is 0 Å². The molecule has 1 nitrogen and oxygen atoms in total. The number of hydrogen-bond acceptors (Lipinski definition) is 1. The molecule has 0 heterocycles. The third-order valence-corrected chi connectivity index (χ3v) is 6.68. The first kappa shape index (κ1) is 23.0. The fourth-order valence-electron chi connectivity index (χ4n) is 5.01. The lowest BCUT2D eigenvalue weighted by molar-refractivity contribution is 0.0777. The molecule has 0 aromatic heterocycles. The van der Waals surface area contributed by atoms with Crippen LogP contribution < -0.4 is 0 Å². The third-order valence-electron chi connectivity index (χ3n) is 6.68. The van der Waals surface area contributed by atoms with Crippen LogP contribution in [0.5, 0.6) is 0 Å². The molecule has 1 N–H and O–H groups in total. The van der Waals surface area contributed by atoms with Crippen molar-refractivity contribution in [1.82, 2.24) is 0 Å². The summed E-state index contributed by atoms with van der Waals surface area (Å²) in [5.41, 5.74) is 8.73. The Kier molecular flexibility index (Phi) is 6.54. The van der Waals surface area contributed by atoms with E-state index in [1.807, 2.05) is 50.2 Å². The standard InChI is InChI=1S/C16H18O.C16H16/c1-16(2,17)15-11-7-6-10-14(15)12-13-8-4-3-5-9-13;1-16(2)14-9-5-3-7-12(14)11-13-8-4-6-10-15(13)16/h3-11,17H,12H2,1-2H3;3-10H,11H2,1-2H3. The zero-order chi connectivity index (χ0) is 23.5. The second-order valence-corrected chi connectivity index (χ2v) is 9.99. The fourth-order valence-corrected chi connectivity index (χ4v) is 5.01. The second kappa shape index (κ2) is 9.37. The summed E-state index contributed by atoms with van der Waals surface area (Å²) in [5, 5.41) is 10.1. The van der Waals surface area contributed by atoms with Gasteiger partial charge in [0, 0.05) is 5.41 Å². The highest BCUT2D eigenvalue weighted by atomic mass is 16.3. The molecule has 0 amide bonds. The van der Waals surface area contributed by atoms with Crippen LogP contribution in [0.2, 0.25) is 0 Å². The van der Waals surface area contributed by atoms with Crippen LogP contribution in [0.3, 0.4) is 0 Å². The van der Waals surface area contributed by atoms with Gasteiger partial charge < -0.3 is 5.11 Å². The molecule has 5 rings (SSSR count). The van der Waals surface area contributed by atoms with E-state index in [4.69, 9.17) is 0 Å².